The molecule has 1 saturated carbocycles. The maximum atomic E-state index is 13.6. The van der Waals surface area contributed by atoms with E-state index in [1.165, 1.54) is 18.2 Å². The molecule has 2 fully saturated rings. The third kappa shape index (κ3) is 8.61. The lowest BCUT2D eigenvalue weighted by atomic mass is 9.87. The highest BCUT2D eigenvalue weighted by Gasteiger charge is 2.47. The lowest BCUT2D eigenvalue weighted by Crippen LogP contribution is -2.53. The average Bonchev–Trinajstić information content (AvgIpc) is 3.37. The summed E-state index contributed by atoms with van der Waals surface area (Å²) in [5.41, 5.74) is 0.0859. The van der Waals surface area contributed by atoms with E-state index in [1.807, 2.05) is 20.8 Å². The Labute approximate surface area is 231 Å². The number of hydrogen-bond acceptors (Lipinski definition) is 4. The standard InChI is InChI=1S/C19H16ClF3N2O2.C9H17NO2/c20-16-7-2-1-6-15(16)17(18(27)24-13-9-19(22,23)10-13)25(11-26)14-5-3-4-12(21)8-14;1-9(2,3)12-8(11)10-6-4-5-7-10/h1-8,11,13,17H,9-10H2,(H,24,27);4-7H2,1-3H3. The van der Waals surface area contributed by atoms with Crippen LogP contribution in [-0.2, 0) is 14.3 Å². The van der Waals surface area contributed by atoms with Crippen molar-refractivity contribution in [1.82, 2.24) is 10.2 Å². The minimum absolute atomic E-state index is 0.143. The summed E-state index contributed by atoms with van der Waals surface area (Å²) in [6, 6.07) is 9.62. The van der Waals surface area contributed by atoms with Crippen LogP contribution < -0.4 is 10.2 Å². The summed E-state index contributed by atoms with van der Waals surface area (Å²) in [6.45, 7) is 7.38. The summed E-state index contributed by atoms with van der Waals surface area (Å²) in [5.74, 6) is -4.05. The topological polar surface area (TPSA) is 79.0 Å². The molecule has 212 valence electrons. The van der Waals surface area contributed by atoms with Gasteiger partial charge in [0.1, 0.15) is 17.5 Å². The summed E-state index contributed by atoms with van der Waals surface area (Å²) in [4.78, 5) is 38.8. The Balaban J connectivity index is 0.000000293. The molecule has 2 aromatic carbocycles. The van der Waals surface area contributed by atoms with Gasteiger partial charge in [-0.3, -0.25) is 14.5 Å². The smallest absolute Gasteiger partial charge is 0.410 e. The number of carbonyl (C=O) groups excluding carboxylic acids is 3. The van der Waals surface area contributed by atoms with E-state index in [0.29, 0.717) is 12.0 Å². The molecule has 0 radical (unpaired) electrons. The molecule has 2 aliphatic rings. The van der Waals surface area contributed by atoms with Crippen LogP contribution in [-0.4, -0.2) is 54.0 Å². The molecule has 0 bridgehead atoms. The molecule has 1 aliphatic heterocycles. The van der Waals surface area contributed by atoms with Gasteiger partial charge in [0.15, 0.2) is 0 Å². The van der Waals surface area contributed by atoms with E-state index >= 15 is 0 Å². The Bertz CT molecular complexity index is 1160. The average molecular weight is 568 g/mol. The number of amides is 3. The second-order valence-electron chi connectivity index (χ2n) is 10.6. The number of ether oxygens (including phenoxy) is 1. The van der Waals surface area contributed by atoms with Crippen molar-refractivity contribution in [3.05, 3.63) is 64.9 Å². The van der Waals surface area contributed by atoms with E-state index in [1.54, 1.807) is 29.2 Å². The molecule has 1 aliphatic carbocycles. The lowest BCUT2D eigenvalue weighted by molar-refractivity contribution is -0.131. The number of nitrogens with zero attached hydrogens (tertiary/aromatic N) is 2. The zero-order valence-electron chi connectivity index (χ0n) is 22.1. The monoisotopic (exact) mass is 567 g/mol. The number of likely N-dealkylation sites (tertiary alicyclic amines) is 1. The zero-order chi connectivity index (χ0) is 28.8. The maximum Gasteiger partial charge on any atom is 0.410 e. The van der Waals surface area contributed by atoms with Crippen molar-refractivity contribution in [2.45, 2.75) is 70.1 Å². The van der Waals surface area contributed by atoms with Crippen LogP contribution in [0.1, 0.15) is 58.1 Å². The summed E-state index contributed by atoms with van der Waals surface area (Å²) in [6.07, 6.45) is 1.51. The van der Waals surface area contributed by atoms with Crippen LogP contribution in [0.5, 0.6) is 0 Å². The van der Waals surface area contributed by atoms with Crippen molar-refractivity contribution in [3.8, 4) is 0 Å². The highest BCUT2D eigenvalue weighted by molar-refractivity contribution is 6.31. The molecular formula is C28H33ClF3N3O4. The molecule has 1 atom stereocenters. The third-order valence-corrected chi connectivity index (χ3v) is 6.48. The largest absolute Gasteiger partial charge is 0.444 e. The fourth-order valence-corrected chi connectivity index (χ4v) is 4.53. The van der Waals surface area contributed by atoms with Gasteiger partial charge in [-0.2, -0.15) is 0 Å². The second-order valence-corrected chi connectivity index (χ2v) is 11.0. The van der Waals surface area contributed by atoms with Crippen LogP contribution in [0.4, 0.5) is 23.7 Å². The summed E-state index contributed by atoms with van der Waals surface area (Å²) >= 11 is 6.20. The molecule has 1 saturated heterocycles. The molecule has 3 amide bonds. The third-order valence-electron chi connectivity index (χ3n) is 6.14. The molecule has 1 N–H and O–H groups in total. The number of alkyl halides is 2. The van der Waals surface area contributed by atoms with Gasteiger partial charge >= 0.3 is 6.09 Å². The van der Waals surface area contributed by atoms with E-state index in [0.717, 1.165) is 36.9 Å². The molecule has 39 heavy (non-hydrogen) atoms. The number of rotatable bonds is 6. The first kappa shape index (κ1) is 30.3. The van der Waals surface area contributed by atoms with Gasteiger partial charge in [-0.05, 0) is 57.9 Å². The number of nitrogens with one attached hydrogen (secondary N) is 1. The molecule has 11 heteroatoms. The van der Waals surface area contributed by atoms with Crippen LogP contribution >= 0.6 is 11.6 Å². The van der Waals surface area contributed by atoms with Gasteiger partial charge in [0, 0.05) is 48.2 Å². The minimum atomic E-state index is -2.80. The second kappa shape index (κ2) is 12.7. The van der Waals surface area contributed by atoms with Crippen molar-refractivity contribution in [3.63, 3.8) is 0 Å². The Hall–Kier alpha value is -3.27. The normalized spacial score (nSPS) is 17.3. The zero-order valence-corrected chi connectivity index (χ0v) is 22.9. The van der Waals surface area contributed by atoms with Gasteiger partial charge in [-0.15, -0.1) is 0 Å². The van der Waals surface area contributed by atoms with E-state index in [2.05, 4.69) is 5.32 Å². The SMILES string of the molecule is CC(C)(C)OC(=O)N1CCCC1.O=CN(c1cccc(F)c1)C(C(=O)NC1CC(F)(F)C1)c1ccccc1Cl. The maximum absolute atomic E-state index is 13.6. The van der Waals surface area contributed by atoms with Gasteiger partial charge in [-0.25, -0.2) is 18.0 Å². The van der Waals surface area contributed by atoms with Crippen molar-refractivity contribution < 1.29 is 32.3 Å². The van der Waals surface area contributed by atoms with Crippen LogP contribution in [0.15, 0.2) is 48.5 Å². The Morgan fingerprint density at radius 2 is 1.77 bits per heavy atom. The highest BCUT2D eigenvalue weighted by atomic mass is 35.5. The minimum Gasteiger partial charge on any atom is -0.444 e. The highest BCUT2D eigenvalue weighted by Crippen LogP contribution is 2.38. The van der Waals surface area contributed by atoms with Gasteiger partial charge in [-0.1, -0.05) is 35.9 Å². The van der Waals surface area contributed by atoms with Crippen LogP contribution in [0, 0.1) is 5.82 Å². The molecule has 2 aromatic rings. The Morgan fingerprint density at radius 3 is 2.31 bits per heavy atom. The predicted molar refractivity (Wildman–Crippen MR) is 142 cm³/mol. The van der Waals surface area contributed by atoms with Crippen LogP contribution in [0.25, 0.3) is 0 Å². The molecule has 0 aromatic heterocycles. The van der Waals surface area contributed by atoms with Crippen molar-refractivity contribution >= 4 is 35.7 Å². The molecule has 1 heterocycles. The van der Waals surface area contributed by atoms with Crippen molar-refractivity contribution in [2.24, 2.45) is 0 Å². The van der Waals surface area contributed by atoms with Gasteiger partial charge in [0.25, 0.3) is 5.92 Å². The first-order valence-corrected chi connectivity index (χ1v) is 13.1. The fraction of sp³-hybridized carbons (Fsp3) is 0.464. The number of anilines is 1. The molecule has 1 unspecified atom stereocenters. The summed E-state index contributed by atoms with van der Waals surface area (Å²) in [7, 11) is 0. The van der Waals surface area contributed by atoms with Gasteiger partial charge < -0.3 is 15.0 Å². The van der Waals surface area contributed by atoms with Crippen molar-refractivity contribution in [1.29, 1.82) is 0 Å². The first-order valence-electron chi connectivity index (χ1n) is 12.7. The number of benzene rings is 2. The van der Waals surface area contributed by atoms with E-state index in [9.17, 15) is 27.6 Å². The van der Waals surface area contributed by atoms with E-state index in [4.69, 9.17) is 16.3 Å². The number of halogens is 4. The van der Waals surface area contributed by atoms with Crippen LogP contribution in [0.2, 0.25) is 5.02 Å². The lowest BCUT2D eigenvalue weighted by Gasteiger charge is -2.37. The molecule has 0 spiro atoms. The molecular weight excluding hydrogens is 535 g/mol. The van der Waals surface area contributed by atoms with Gasteiger partial charge in [0.2, 0.25) is 12.3 Å². The summed E-state index contributed by atoms with van der Waals surface area (Å²) in [5, 5.41) is 2.75. The quantitative estimate of drug-likeness (QED) is 0.427. The van der Waals surface area contributed by atoms with E-state index in [-0.39, 0.29) is 22.4 Å². The fourth-order valence-electron chi connectivity index (χ4n) is 4.29. The van der Waals surface area contributed by atoms with Crippen molar-refractivity contribution in [2.75, 3.05) is 18.0 Å². The number of hydrogen-bond donors (Lipinski definition) is 1. The first-order chi connectivity index (χ1) is 18.3. The summed E-state index contributed by atoms with van der Waals surface area (Å²) < 4.78 is 45.0. The van der Waals surface area contributed by atoms with Gasteiger partial charge in [0.05, 0.1) is 0 Å². The van der Waals surface area contributed by atoms with Crippen LogP contribution in [0.3, 0.4) is 0 Å². The Kier molecular flexibility index (Phi) is 9.88. The van der Waals surface area contributed by atoms with E-state index < -0.39 is 42.6 Å². The molecule has 4 rings (SSSR count). The molecule has 7 nitrogen and oxygen atoms in total. The Morgan fingerprint density at radius 1 is 1.13 bits per heavy atom. The number of carbonyl (C=O) groups is 3. The predicted octanol–water partition coefficient (Wildman–Crippen LogP) is 6.11.